The van der Waals surface area contributed by atoms with E-state index in [1.165, 1.54) is 0 Å². The van der Waals surface area contributed by atoms with Crippen molar-refractivity contribution in [2.45, 2.75) is 6.92 Å². The van der Waals surface area contributed by atoms with Crippen molar-refractivity contribution in [3.8, 4) is 5.75 Å². The third-order valence-electron chi connectivity index (χ3n) is 2.62. The Bertz CT molecular complexity index is 515. The van der Waals surface area contributed by atoms with E-state index in [0.717, 1.165) is 28.4 Å². The van der Waals surface area contributed by atoms with Gasteiger partial charge in [-0.2, -0.15) is 0 Å². The molecule has 0 fully saturated rings. The molecule has 0 aliphatic carbocycles. The highest BCUT2D eigenvalue weighted by Crippen LogP contribution is 2.27. The van der Waals surface area contributed by atoms with Gasteiger partial charge in [-0.05, 0) is 35.4 Å². The summed E-state index contributed by atoms with van der Waals surface area (Å²) in [7, 11) is 1.65. The maximum Gasteiger partial charge on any atom is 0.150 e. The number of methoxy groups -OCH3 is 1. The molecule has 2 aromatic carbocycles. The third-order valence-corrected chi connectivity index (χ3v) is 2.62. The lowest BCUT2D eigenvalue weighted by Gasteiger charge is -2.08. The summed E-state index contributed by atoms with van der Waals surface area (Å²) in [5.41, 5.74) is 1.76. The van der Waals surface area contributed by atoms with Crippen LogP contribution in [0.3, 0.4) is 0 Å². The van der Waals surface area contributed by atoms with E-state index in [1.54, 1.807) is 7.11 Å². The van der Waals surface area contributed by atoms with Crippen LogP contribution in [0.1, 0.15) is 15.9 Å². The standard InChI is InChI=1S/C13H12O2/c1-9-12-7-10(8-14)3-4-11(12)5-6-13(9)15-2/h3-8H,1-2H3. The van der Waals surface area contributed by atoms with Crippen molar-refractivity contribution in [2.75, 3.05) is 7.11 Å². The Morgan fingerprint density at radius 1 is 1.20 bits per heavy atom. The number of carbonyl (C=O) groups excluding carboxylic acids is 1. The van der Waals surface area contributed by atoms with E-state index in [0.29, 0.717) is 5.56 Å². The molecule has 0 aromatic heterocycles. The van der Waals surface area contributed by atoms with Crippen LogP contribution in [0.2, 0.25) is 0 Å². The highest BCUT2D eigenvalue weighted by Gasteiger charge is 2.04. The first kappa shape index (κ1) is 9.71. The average Bonchev–Trinajstić information content (AvgIpc) is 2.29. The number of hydrogen-bond acceptors (Lipinski definition) is 2. The average molecular weight is 200 g/mol. The number of rotatable bonds is 2. The summed E-state index contributed by atoms with van der Waals surface area (Å²) in [5, 5.41) is 2.19. The molecule has 0 saturated carbocycles. The smallest absolute Gasteiger partial charge is 0.150 e. The lowest BCUT2D eigenvalue weighted by atomic mass is 10.0. The van der Waals surface area contributed by atoms with Crippen molar-refractivity contribution in [1.29, 1.82) is 0 Å². The second-order valence-corrected chi connectivity index (χ2v) is 3.49. The topological polar surface area (TPSA) is 26.3 Å². The number of benzene rings is 2. The van der Waals surface area contributed by atoms with Gasteiger partial charge in [-0.3, -0.25) is 4.79 Å². The predicted octanol–water partition coefficient (Wildman–Crippen LogP) is 2.97. The van der Waals surface area contributed by atoms with E-state index in [1.807, 2.05) is 37.3 Å². The molecule has 0 saturated heterocycles. The molecule has 0 radical (unpaired) electrons. The molecule has 15 heavy (non-hydrogen) atoms. The minimum absolute atomic E-state index is 0.693. The van der Waals surface area contributed by atoms with Crippen LogP contribution in [0, 0.1) is 6.92 Å². The van der Waals surface area contributed by atoms with Gasteiger partial charge in [-0.1, -0.05) is 18.2 Å². The number of hydrogen-bond donors (Lipinski definition) is 0. The van der Waals surface area contributed by atoms with E-state index < -0.39 is 0 Å². The molecule has 0 spiro atoms. The summed E-state index contributed by atoms with van der Waals surface area (Å²) in [5.74, 6) is 0.852. The maximum absolute atomic E-state index is 10.7. The van der Waals surface area contributed by atoms with E-state index in [4.69, 9.17) is 4.74 Å². The largest absolute Gasteiger partial charge is 0.496 e. The van der Waals surface area contributed by atoms with Crippen LogP contribution in [-0.4, -0.2) is 13.4 Å². The Labute approximate surface area is 88.5 Å². The number of carbonyl (C=O) groups is 1. The summed E-state index contributed by atoms with van der Waals surface area (Å²) in [6, 6.07) is 9.60. The Hall–Kier alpha value is -1.83. The Kier molecular flexibility index (Phi) is 2.42. The molecule has 0 unspecified atom stereocenters. The number of aldehydes is 1. The van der Waals surface area contributed by atoms with Crippen LogP contribution in [-0.2, 0) is 0 Å². The van der Waals surface area contributed by atoms with Gasteiger partial charge in [0.25, 0.3) is 0 Å². The summed E-state index contributed by atoms with van der Waals surface area (Å²) in [6.45, 7) is 2.00. The Balaban J connectivity index is 2.77. The van der Waals surface area contributed by atoms with Gasteiger partial charge in [0.2, 0.25) is 0 Å². The van der Waals surface area contributed by atoms with Gasteiger partial charge < -0.3 is 4.74 Å². The fraction of sp³-hybridized carbons (Fsp3) is 0.154. The van der Waals surface area contributed by atoms with Crippen molar-refractivity contribution in [1.82, 2.24) is 0 Å². The molecule has 2 rings (SSSR count). The number of fused-ring (bicyclic) bond motifs is 1. The second kappa shape index (κ2) is 3.73. The van der Waals surface area contributed by atoms with Gasteiger partial charge in [-0.25, -0.2) is 0 Å². The molecule has 0 atom stereocenters. The van der Waals surface area contributed by atoms with Crippen molar-refractivity contribution in [3.63, 3.8) is 0 Å². The fourth-order valence-corrected chi connectivity index (χ4v) is 1.76. The van der Waals surface area contributed by atoms with E-state index in [-0.39, 0.29) is 0 Å². The molecule has 0 N–H and O–H groups in total. The number of aryl methyl sites for hydroxylation is 1. The predicted molar refractivity (Wildman–Crippen MR) is 60.6 cm³/mol. The van der Waals surface area contributed by atoms with E-state index >= 15 is 0 Å². The normalized spacial score (nSPS) is 10.3. The van der Waals surface area contributed by atoms with Crippen LogP contribution in [0.5, 0.6) is 5.75 Å². The molecule has 0 aliphatic rings. The zero-order valence-corrected chi connectivity index (χ0v) is 8.78. The van der Waals surface area contributed by atoms with E-state index in [2.05, 4.69) is 0 Å². The molecule has 2 heteroatoms. The molecule has 0 aliphatic heterocycles. The fourth-order valence-electron chi connectivity index (χ4n) is 1.76. The van der Waals surface area contributed by atoms with Crippen LogP contribution in [0.15, 0.2) is 30.3 Å². The van der Waals surface area contributed by atoms with Crippen LogP contribution >= 0.6 is 0 Å². The molecular formula is C13H12O2. The summed E-state index contributed by atoms with van der Waals surface area (Å²) in [6.07, 6.45) is 0.859. The Morgan fingerprint density at radius 3 is 2.60 bits per heavy atom. The Morgan fingerprint density at radius 2 is 1.93 bits per heavy atom. The first-order valence-electron chi connectivity index (χ1n) is 4.79. The molecule has 0 heterocycles. The van der Waals surface area contributed by atoms with E-state index in [9.17, 15) is 4.79 Å². The van der Waals surface area contributed by atoms with Crippen LogP contribution < -0.4 is 4.74 Å². The quantitative estimate of drug-likeness (QED) is 0.696. The van der Waals surface area contributed by atoms with Crippen LogP contribution in [0.4, 0.5) is 0 Å². The minimum Gasteiger partial charge on any atom is -0.496 e. The monoisotopic (exact) mass is 200 g/mol. The summed E-state index contributed by atoms with van der Waals surface area (Å²) >= 11 is 0. The molecule has 0 amide bonds. The highest BCUT2D eigenvalue weighted by molar-refractivity contribution is 5.92. The van der Waals surface area contributed by atoms with Crippen molar-refractivity contribution in [2.24, 2.45) is 0 Å². The molecule has 2 nitrogen and oxygen atoms in total. The first-order valence-corrected chi connectivity index (χ1v) is 4.79. The third kappa shape index (κ3) is 1.59. The lowest BCUT2D eigenvalue weighted by Crippen LogP contribution is -1.89. The zero-order chi connectivity index (χ0) is 10.8. The first-order chi connectivity index (χ1) is 7.26. The van der Waals surface area contributed by atoms with Crippen molar-refractivity contribution < 1.29 is 9.53 Å². The van der Waals surface area contributed by atoms with Crippen LogP contribution in [0.25, 0.3) is 10.8 Å². The van der Waals surface area contributed by atoms with Gasteiger partial charge in [0.05, 0.1) is 7.11 Å². The molecule has 2 aromatic rings. The molecule has 0 bridgehead atoms. The number of ether oxygens (including phenoxy) is 1. The van der Waals surface area contributed by atoms with Gasteiger partial charge in [0.1, 0.15) is 12.0 Å². The zero-order valence-electron chi connectivity index (χ0n) is 8.78. The van der Waals surface area contributed by atoms with Crippen molar-refractivity contribution >= 4 is 17.1 Å². The SMILES string of the molecule is COc1ccc2ccc(C=O)cc2c1C. The lowest BCUT2D eigenvalue weighted by molar-refractivity contribution is 0.112. The second-order valence-electron chi connectivity index (χ2n) is 3.49. The molecular weight excluding hydrogens is 188 g/mol. The van der Waals surface area contributed by atoms with Crippen molar-refractivity contribution in [3.05, 3.63) is 41.5 Å². The van der Waals surface area contributed by atoms with Gasteiger partial charge in [-0.15, -0.1) is 0 Å². The van der Waals surface area contributed by atoms with Gasteiger partial charge >= 0.3 is 0 Å². The maximum atomic E-state index is 10.7. The molecule has 76 valence electrons. The van der Waals surface area contributed by atoms with Gasteiger partial charge in [0, 0.05) is 5.56 Å². The van der Waals surface area contributed by atoms with Gasteiger partial charge in [0.15, 0.2) is 0 Å². The summed E-state index contributed by atoms with van der Waals surface area (Å²) in [4.78, 5) is 10.7. The summed E-state index contributed by atoms with van der Waals surface area (Å²) < 4.78 is 5.24. The minimum atomic E-state index is 0.693. The highest BCUT2D eigenvalue weighted by atomic mass is 16.5.